The van der Waals surface area contributed by atoms with Gasteiger partial charge >= 0.3 is 0 Å². The lowest BCUT2D eigenvalue weighted by molar-refractivity contribution is 0.0276. The van der Waals surface area contributed by atoms with Crippen molar-refractivity contribution in [3.63, 3.8) is 0 Å². The lowest BCUT2D eigenvalue weighted by Crippen LogP contribution is -2.39. The van der Waals surface area contributed by atoms with E-state index < -0.39 is 15.6 Å². The minimum atomic E-state index is -3.64. The van der Waals surface area contributed by atoms with E-state index in [1.165, 1.54) is 13.2 Å². The van der Waals surface area contributed by atoms with E-state index in [9.17, 15) is 8.42 Å². The van der Waals surface area contributed by atoms with Gasteiger partial charge in [0.05, 0.1) is 10.5 Å². The van der Waals surface area contributed by atoms with Crippen molar-refractivity contribution in [3.8, 4) is 11.8 Å². The lowest BCUT2D eigenvalue weighted by Gasteiger charge is -2.23. The Labute approximate surface area is 126 Å². The summed E-state index contributed by atoms with van der Waals surface area (Å²) in [5.74, 6) is 5.20. The zero-order chi connectivity index (χ0) is 16.1. The predicted octanol–water partition coefficient (Wildman–Crippen LogP) is 1.04. The second-order valence-corrected chi connectivity index (χ2v) is 6.96. The zero-order valence-electron chi connectivity index (χ0n) is 12.7. The highest BCUT2D eigenvalue weighted by Gasteiger charge is 2.23. The molecule has 21 heavy (non-hydrogen) atoms. The predicted molar refractivity (Wildman–Crippen MR) is 81.4 cm³/mol. The van der Waals surface area contributed by atoms with E-state index >= 15 is 0 Å². The number of nitrogens with one attached hydrogen (secondary N) is 1. The molecule has 0 spiro atoms. The van der Waals surface area contributed by atoms with Crippen molar-refractivity contribution in [2.45, 2.75) is 31.3 Å². The van der Waals surface area contributed by atoms with Crippen LogP contribution in [0.25, 0.3) is 0 Å². The number of benzene rings is 1. The number of aliphatic hydroxyl groups excluding tert-OH is 1. The molecule has 1 rings (SSSR count). The van der Waals surface area contributed by atoms with Crippen LogP contribution in [-0.2, 0) is 14.8 Å². The molecule has 0 bridgehead atoms. The zero-order valence-corrected chi connectivity index (χ0v) is 13.5. The van der Waals surface area contributed by atoms with Crippen LogP contribution in [-0.4, -0.2) is 39.4 Å². The van der Waals surface area contributed by atoms with Gasteiger partial charge in [0.2, 0.25) is 10.0 Å². The maximum Gasteiger partial charge on any atom is 0.240 e. The monoisotopic (exact) mass is 311 g/mol. The summed E-state index contributed by atoms with van der Waals surface area (Å²) in [4.78, 5) is 0.180. The van der Waals surface area contributed by atoms with Crippen molar-refractivity contribution in [2.75, 3.05) is 20.3 Å². The highest BCUT2D eigenvalue weighted by molar-refractivity contribution is 7.89. The first-order chi connectivity index (χ1) is 9.72. The van der Waals surface area contributed by atoms with Crippen molar-refractivity contribution in [1.29, 1.82) is 0 Å². The van der Waals surface area contributed by atoms with Gasteiger partial charge in [0, 0.05) is 19.2 Å². The topological polar surface area (TPSA) is 75.6 Å². The Morgan fingerprint density at radius 1 is 1.38 bits per heavy atom. The van der Waals surface area contributed by atoms with E-state index in [2.05, 4.69) is 16.6 Å². The molecule has 0 aromatic heterocycles. The van der Waals surface area contributed by atoms with Crippen molar-refractivity contribution in [3.05, 3.63) is 29.3 Å². The quantitative estimate of drug-likeness (QED) is 0.797. The van der Waals surface area contributed by atoms with E-state index in [4.69, 9.17) is 9.84 Å². The molecule has 5 nitrogen and oxygen atoms in total. The molecular formula is C15H21NO4S. The van der Waals surface area contributed by atoms with Crippen LogP contribution in [0.3, 0.4) is 0 Å². The average Bonchev–Trinajstić information content (AvgIpc) is 2.44. The summed E-state index contributed by atoms with van der Waals surface area (Å²) in [5.41, 5.74) is 0.586. The van der Waals surface area contributed by atoms with Gasteiger partial charge in [-0.3, -0.25) is 0 Å². The number of rotatable bonds is 5. The van der Waals surface area contributed by atoms with Crippen molar-refractivity contribution in [1.82, 2.24) is 4.72 Å². The summed E-state index contributed by atoms with van der Waals surface area (Å²) < 4.78 is 32.5. The SMILES string of the molecule is COC(C)(C)CNS(=O)(=O)c1cc(C#CCO)ccc1C. The molecule has 0 atom stereocenters. The van der Waals surface area contributed by atoms with E-state index in [1.54, 1.807) is 32.9 Å². The van der Waals surface area contributed by atoms with Crippen molar-refractivity contribution < 1.29 is 18.3 Å². The van der Waals surface area contributed by atoms with Gasteiger partial charge in [-0.2, -0.15) is 0 Å². The van der Waals surface area contributed by atoms with Crippen LogP contribution in [0.2, 0.25) is 0 Å². The molecule has 0 amide bonds. The lowest BCUT2D eigenvalue weighted by atomic mass is 10.1. The normalized spacial score (nSPS) is 11.9. The summed E-state index contributed by atoms with van der Waals surface area (Å²) in [6.07, 6.45) is 0. The Hall–Kier alpha value is -1.39. The summed E-state index contributed by atoms with van der Waals surface area (Å²) in [6.45, 7) is 5.21. The highest BCUT2D eigenvalue weighted by Crippen LogP contribution is 2.17. The Morgan fingerprint density at radius 3 is 2.62 bits per heavy atom. The fourth-order valence-corrected chi connectivity index (χ4v) is 2.99. The molecule has 0 aliphatic heterocycles. The van der Waals surface area contributed by atoms with E-state index in [0.717, 1.165) is 0 Å². The molecule has 2 N–H and O–H groups in total. The Kier molecular flexibility index (Phi) is 5.93. The number of aryl methyl sites for hydroxylation is 1. The van der Waals surface area contributed by atoms with Crippen LogP contribution < -0.4 is 4.72 Å². The van der Waals surface area contributed by atoms with Crippen LogP contribution in [0.1, 0.15) is 25.0 Å². The van der Waals surface area contributed by atoms with Crippen LogP contribution in [0, 0.1) is 18.8 Å². The maximum absolute atomic E-state index is 12.4. The molecule has 6 heteroatoms. The summed E-state index contributed by atoms with van der Waals surface area (Å²) in [5, 5.41) is 8.69. The van der Waals surface area contributed by atoms with Gasteiger partial charge in [-0.1, -0.05) is 17.9 Å². The molecule has 0 unspecified atom stereocenters. The smallest absolute Gasteiger partial charge is 0.240 e. The van der Waals surface area contributed by atoms with Gasteiger partial charge in [0.1, 0.15) is 6.61 Å². The molecule has 1 aromatic rings. The molecular weight excluding hydrogens is 290 g/mol. The first kappa shape index (κ1) is 17.7. The van der Waals surface area contributed by atoms with Crippen LogP contribution in [0.4, 0.5) is 0 Å². The summed E-state index contributed by atoms with van der Waals surface area (Å²) in [7, 11) is -2.11. The maximum atomic E-state index is 12.4. The van der Waals surface area contributed by atoms with Crippen LogP contribution >= 0.6 is 0 Å². The van der Waals surface area contributed by atoms with Gasteiger partial charge in [-0.25, -0.2) is 13.1 Å². The Morgan fingerprint density at radius 2 is 2.05 bits per heavy atom. The summed E-state index contributed by atoms with van der Waals surface area (Å²) in [6, 6.07) is 4.91. The second-order valence-electron chi connectivity index (χ2n) is 5.23. The highest BCUT2D eigenvalue weighted by atomic mass is 32.2. The third kappa shape index (κ3) is 5.14. The fourth-order valence-electron chi connectivity index (χ4n) is 1.53. The largest absolute Gasteiger partial charge is 0.384 e. The molecule has 1 aromatic carbocycles. The molecule has 0 aliphatic carbocycles. The minimum absolute atomic E-state index is 0.165. The Balaban J connectivity index is 3.07. The van der Waals surface area contributed by atoms with Gasteiger partial charge < -0.3 is 9.84 Å². The minimum Gasteiger partial charge on any atom is -0.384 e. The molecule has 116 valence electrons. The first-order valence-corrected chi connectivity index (χ1v) is 7.95. The van der Waals surface area contributed by atoms with Crippen molar-refractivity contribution in [2.24, 2.45) is 0 Å². The number of sulfonamides is 1. The number of methoxy groups -OCH3 is 1. The Bertz CT molecular complexity index is 654. The molecule has 0 radical (unpaired) electrons. The third-order valence-electron chi connectivity index (χ3n) is 3.03. The standard InChI is InChI=1S/C15H21NO4S/c1-12-7-8-13(6-5-9-17)10-14(12)21(18,19)16-11-15(2,3)20-4/h7-8,10,16-17H,9,11H2,1-4H3. The van der Waals surface area contributed by atoms with Gasteiger partial charge in [0.25, 0.3) is 0 Å². The third-order valence-corrected chi connectivity index (χ3v) is 4.57. The van der Waals surface area contributed by atoms with E-state index in [1.807, 2.05) is 0 Å². The number of hydrogen-bond acceptors (Lipinski definition) is 4. The van der Waals surface area contributed by atoms with Crippen molar-refractivity contribution >= 4 is 10.0 Å². The molecule has 0 fully saturated rings. The molecule has 0 aliphatic rings. The van der Waals surface area contributed by atoms with Crippen LogP contribution in [0.5, 0.6) is 0 Å². The number of hydrogen-bond donors (Lipinski definition) is 2. The second kappa shape index (κ2) is 7.05. The number of ether oxygens (including phenoxy) is 1. The summed E-state index contributed by atoms with van der Waals surface area (Å²) >= 11 is 0. The van der Waals surface area contributed by atoms with Gasteiger partial charge in [-0.05, 0) is 38.5 Å². The average molecular weight is 311 g/mol. The fraction of sp³-hybridized carbons (Fsp3) is 0.467. The van der Waals surface area contributed by atoms with Gasteiger partial charge in [0.15, 0.2) is 0 Å². The first-order valence-electron chi connectivity index (χ1n) is 6.47. The molecule has 0 heterocycles. The van der Waals surface area contributed by atoms with Crippen LogP contribution in [0.15, 0.2) is 23.1 Å². The van der Waals surface area contributed by atoms with Gasteiger partial charge in [-0.15, -0.1) is 0 Å². The molecule has 0 saturated heterocycles. The van der Waals surface area contributed by atoms with E-state index in [-0.39, 0.29) is 18.0 Å². The van der Waals surface area contributed by atoms with E-state index in [0.29, 0.717) is 11.1 Å². The number of aliphatic hydroxyl groups is 1. The molecule has 0 saturated carbocycles.